The molecule has 1 atom stereocenters. The van der Waals surface area contributed by atoms with Gasteiger partial charge in [0.05, 0.1) is 23.4 Å². The third-order valence-corrected chi connectivity index (χ3v) is 3.31. The molecular formula is C18H25F3N2O3. The first-order valence-electron chi connectivity index (χ1n) is 8.31. The molecule has 1 aromatic carbocycles. The van der Waals surface area contributed by atoms with Crippen molar-refractivity contribution in [2.75, 3.05) is 17.2 Å². The van der Waals surface area contributed by atoms with E-state index in [1.807, 2.05) is 0 Å². The van der Waals surface area contributed by atoms with Gasteiger partial charge in [-0.05, 0) is 45.9 Å². The number of halogens is 3. The molecule has 0 aliphatic carbocycles. The first-order chi connectivity index (χ1) is 11.8. The van der Waals surface area contributed by atoms with E-state index >= 15 is 0 Å². The van der Waals surface area contributed by atoms with Crippen LogP contribution in [-0.4, -0.2) is 24.0 Å². The molecule has 146 valence electrons. The van der Waals surface area contributed by atoms with E-state index < -0.39 is 35.1 Å². The van der Waals surface area contributed by atoms with Crippen molar-refractivity contribution in [3.05, 3.63) is 23.8 Å². The van der Waals surface area contributed by atoms with Crippen LogP contribution in [0.25, 0.3) is 0 Å². The summed E-state index contributed by atoms with van der Waals surface area (Å²) in [6.45, 7) is 8.84. The van der Waals surface area contributed by atoms with Crippen molar-refractivity contribution < 1.29 is 27.5 Å². The number of anilines is 2. The van der Waals surface area contributed by atoms with Gasteiger partial charge in [-0.2, -0.15) is 13.2 Å². The fraction of sp³-hybridized carbons (Fsp3) is 0.556. The zero-order chi connectivity index (χ0) is 20.1. The second-order valence-corrected chi connectivity index (χ2v) is 6.97. The van der Waals surface area contributed by atoms with E-state index in [0.717, 1.165) is 12.1 Å². The molecular weight excluding hydrogens is 349 g/mol. The van der Waals surface area contributed by atoms with Crippen LogP contribution < -0.4 is 10.6 Å². The van der Waals surface area contributed by atoms with Crippen molar-refractivity contribution in [2.45, 2.75) is 52.8 Å². The number of hydrogen-bond donors (Lipinski definition) is 2. The normalized spacial score (nSPS) is 13.1. The minimum absolute atomic E-state index is 0.125. The molecule has 0 aromatic heterocycles. The van der Waals surface area contributed by atoms with E-state index in [1.165, 1.54) is 6.07 Å². The van der Waals surface area contributed by atoms with E-state index in [1.54, 1.807) is 34.6 Å². The lowest BCUT2D eigenvalue weighted by atomic mass is 10.1. The summed E-state index contributed by atoms with van der Waals surface area (Å²) >= 11 is 0. The summed E-state index contributed by atoms with van der Waals surface area (Å²) in [5.74, 6) is -1.68. The second kappa shape index (κ2) is 8.42. The van der Waals surface area contributed by atoms with Crippen LogP contribution in [0.4, 0.5) is 24.5 Å². The molecule has 0 saturated carbocycles. The minimum atomic E-state index is -4.48. The van der Waals surface area contributed by atoms with Crippen LogP contribution in [0.2, 0.25) is 0 Å². The molecule has 0 fully saturated rings. The molecule has 0 spiro atoms. The monoisotopic (exact) mass is 374 g/mol. The Bertz CT molecular complexity index is 652. The first kappa shape index (κ1) is 21.8. The summed E-state index contributed by atoms with van der Waals surface area (Å²) in [5, 5.41) is 5.36. The average molecular weight is 374 g/mol. The van der Waals surface area contributed by atoms with Crippen molar-refractivity contribution in [1.29, 1.82) is 0 Å². The van der Waals surface area contributed by atoms with Gasteiger partial charge in [0.2, 0.25) is 5.91 Å². The molecule has 0 aliphatic heterocycles. The van der Waals surface area contributed by atoms with Crippen LogP contribution in [-0.2, 0) is 20.5 Å². The molecule has 0 aliphatic rings. The molecule has 0 unspecified atom stereocenters. The summed E-state index contributed by atoms with van der Waals surface area (Å²) in [4.78, 5) is 24.1. The largest absolute Gasteiger partial charge is 0.460 e. The highest BCUT2D eigenvalue weighted by Gasteiger charge is 2.31. The van der Waals surface area contributed by atoms with E-state index in [-0.39, 0.29) is 17.8 Å². The number of ether oxygens (including phenoxy) is 1. The van der Waals surface area contributed by atoms with E-state index in [4.69, 9.17) is 4.74 Å². The molecule has 1 aromatic rings. The summed E-state index contributed by atoms with van der Waals surface area (Å²) in [7, 11) is 0. The molecule has 1 rings (SSSR count). The van der Waals surface area contributed by atoms with Crippen LogP contribution in [0.1, 0.15) is 46.6 Å². The number of carbonyl (C=O) groups excluding carboxylic acids is 2. The second-order valence-electron chi connectivity index (χ2n) is 6.97. The van der Waals surface area contributed by atoms with Gasteiger partial charge >= 0.3 is 12.1 Å². The van der Waals surface area contributed by atoms with Gasteiger partial charge in [0, 0.05) is 12.5 Å². The van der Waals surface area contributed by atoms with Gasteiger partial charge in [-0.1, -0.05) is 6.92 Å². The van der Waals surface area contributed by atoms with Crippen molar-refractivity contribution >= 4 is 23.3 Å². The topological polar surface area (TPSA) is 67.4 Å². The van der Waals surface area contributed by atoms with Crippen LogP contribution in [0.5, 0.6) is 0 Å². The maximum absolute atomic E-state index is 12.8. The Hall–Kier alpha value is -2.25. The van der Waals surface area contributed by atoms with Crippen LogP contribution in [0, 0.1) is 5.92 Å². The smallest absolute Gasteiger partial charge is 0.416 e. The first-order valence-corrected chi connectivity index (χ1v) is 8.31. The van der Waals surface area contributed by atoms with Gasteiger partial charge < -0.3 is 15.4 Å². The number of rotatable bonds is 6. The lowest BCUT2D eigenvalue weighted by Gasteiger charge is -2.21. The highest BCUT2D eigenvalue weighted by molar-refractivity contribution is 5.97. The van der Waals surface area contributed by atoms with E-state index in [2.05, 4.69) is 10.6 Å². The fourth-order valence-corrected chi connectivity index (χ4v) is 2.15. The number of alkyl halides is 3. The zero-order valence-corrected chi connectivity index (χ0v) is 15.6. The van der Waals surface area contributed by atoms with Gasteiger partial charge in [-0.3, -0.25) is 9.59 Å². The van der Waals surface area contributed by atoms with Crippen LogP contribution >= 0.6 is 0 Å². The maximum Gasteiger partial charge on any atom is 0.416 e. The van der Waals surface area contributed by atoms with Gasteiger partial charge in [0.15, 0.2) is 0 Å². The molecule has 0 bridgehead atoms. The van der Waals surface area contributed by atoms with Crippen LogP contribution in [0.3, 0.4) is 0 Å². The standard InChI is InChI=1S/C18H25F3N2O3/c1-6-22-14-10-12(18(19,20)21)7-8-13(14)23-16(25)11(2)9-15(24)26-17(3,4)5/h7-8,10-11,22H,6,9H2,1-5H3,(H,23,25)/t11-/m0/s1. The number of esters is 1. The summed E-state index contributed by atoms with van der Waals surface area (Å²) in [6.07, 6.45) is -4.60. The van der Waals surface area contributed by atoms with Crippen LogP contribution in [0.15, 0.2) is 18.2 Å². The molecule has 26 heavy (non-hydrogen) atoms. The number of benzene rings is 1. The summed E-state index contributed by atoms with van der Waals surface area (Å²) in [6, 6.07) is 3.03. The number of hydrogen-bond acceptors (Lipinski definition) is 4. The third-order valence-electron chi connectivity index (χ3n) is 3.31. The molecule has 0 radical (unpaired) electrons. The van der Waals surface area contributed by atoms with Crippen molar-refractivity contribution in [2.24, 2.45) is 5.92 Å². The lowest BCUT2D eigenvalue weighted by molar-refractivity contribution is -0.156. The van der Waals surface area contributed by atoms with Crippen molar-refractivity contribution in [3.63, 3.8) is 0 Å². The number of nitrogens with one attached hydrogen (secondary N) is 2. The maximum atomic E-state index is 12.8. The predicted octanol–water partition coefficient (Wildman–Crippen LogP) is 4.44. The van der Waals surface area contributed by atoms with Gasteiger partial charge in [-0.25, -0.2) is 0 Å². The zero-order valence-electron chi connectivity index (χ0n) is 15.6. The highest BCUT2D eigenvalue weighted by Crippen LogP contribution is 2.34. The summed E-state index contributed by atoms with van der Waals surface area (Å²) < 4.78 is 43.7. The van der Waals surface area contributed by atoms with Crippen molar-refractivity contribution in [1.82, 2.24) is 0 Å². The molecule has 8 heteroatoms. The van der Waals surface area contributed by atoms with Gasteiger partial charge in [0.25, 0.3) is 0 Å². The quantitative estimate of drug-likeness (QED) is 0.722. The van der Waals surface area contributed by atoms with E-state index in [0.29, 0.717) is 6.54 Å². The Balaban J connectivity index is 2.86. The molecule has 1 amide bonds. The molecule has 0 saturated heterocycles. The number of amides is 1. The Morgan fingerprint density at radius 3 is 2.27 bits per heavy atom. The Morgan fingerprint density at radius 2 is 1.77 bits per heavy atom. The summed E-state index contributed by atoms with van der Waals surface area (Å²) in [5.41, 5.74) is -1.08. The number of carbonyl (C=O) groups is 2. The minimum Gasteiger partial charge on any atom is -0.460 e. The predicted molar refractivity (Wildman–Crippen MR) is 93.9 cm³/mol. The van der Waals surface area contributed by atoms with E-state index in [9.17, 15) is 22.8 Å². The SMILES string of the molecule is CCNc1cc(C(F)(F)F)ccc1NC(=O)[C@@H](C)CC(=O)OC(C)(C)C. The Kier molecular flexibility index (Phi) is 7.06. The van der Waals surface area contributed by atoms with Crippen molar-refractivity contribution in [3.8, 4) is 0 Å². The van der Waals surface area contributed by atoms with Gasteiger partial charge in [-0.15, -0.1) is 0 Å². The lowest BCUT2D eigenvalue weighted by Crippen LogP contribution is -2.28. The molecule has 2 N–H and O–H groups in total. The fourth-order valence-electron chi connectivity index (χ4n) is 2.15. The third kappa shape index (κ3) is 6.93. The molecule has 5 nitrogen and oxygen atoms in total. The van der Waals surface area contributed by atoms with Gasteiger partial charge in [0.1, 0.15) is 5.60 Å². The Labute approximate surface area is 151 Å². The average Bonchev–Trinajstić information content (AvgIpc) is 2.45. The molecule has 0 heterocycles. The Morgan fingerprint density at radius 1 is 1.15 bits per heavy atom. The highest BCUT2D eigenvalue weighted by atomic mass is 19.4.